The van der Waals surface area contributed by atoms with Crippen LogP contribution in [0.2, 0.25) is 0 Å². The maximum absolute atomic E-state index is 13.4. The number of urea groups is 1. The monoisotopic (exact) mass is 519 g/mol. The van der Waals surface area contributed by atoms with Crippen molar-refractivity contribution in [2.45, 2.75) is 34.3 Å². The molecule has 0 unspecified atom stereocenters. The number of anilines is 1. The number of amides is 4. The molecule has 1 saturated heterocycles. The Balaban J connectivity index is 1.41. The van der Waals surface area contributed by atoms with Crippen molar-refractivity contribution in [1.29, 1.82) is 0 Å². The predicted octanol–water partition coefficient (Wildman–Crippen LogP) is 5.96. The number of rotatable bonds is 6. The van der Waals surface area contributed by atoms with Crippen LogP contribution in [0.3, 0.4) is 0 Å². The Labute approximate surface area is 227 Å². The van der Waals surface area contributed by atoms with Gasteiger partial charge >= 0.3 is 6.03 Å². The molecule has 39 heavy (non-hydrogen) atoms. The van der Waals surface area contributed by atoms with Crippen molar-refractivity contribution in [3.05, 3.63) is 118 Å². The van der Waals surface area contributed by atoms with Crippen LogP contribution in [0.5, 0.6) is 5.75 Å². The molecule has 0 atom stereocenters. The summed E-state index contributed by atoms with van der Waals surface area (Å²) in [4.78, 5) is 39.7. The summed E-state index contributed by atoms with van der Waals surface area (Å²) >= 11 is 0. The van der Waals surface area contributed by atoms with Gasteiger partial charge in [0.2, 0.25) is 0 Å². The van der Waals surface area contributed by atoms with Gasteiger partial charge < -0.3 is 9.30 Å². The molecule has 0 radical (unpaired) electrons. The molecule has 4 aromatic rings. The first kappa shape index (κ1) is 25.7. The Kier molecular flexibility index (Phi) is 6.90. The predicted molar refractivity (Wildman–Crippen MR) is 151 cm³/mol. The van der Waals surface area contributed by atoms with Crippen LogP contribution in [-0.4, -0.2) is 22.4 Å². The van der Waals surface area contributed by atoms with Gasteiger partial charge in [0.1, 0.15) is 17.9 Å². The average molecular weight is 520 g/mol. The number of ether oxygens (including phenoxy) is 1. The Morgan fingerprint density at radius 3 is 2.18 bits per heavy atom. The fourth-order valence-electron chi connectivity index (χ4n) is 4.68. The van der Waals surface area contributed by atoms with Crippen molar-refractivity contribution >= 4 is 29.6 Å². The Hall–Kier alpha value is -4.91. The van der Waals surface area contributed by atoms with Crippen LogP contribution in [0.1, 0.15) is 33.6 Å². The van der Waals surface area contributed by atoms with E-state index in [1.807, 2.05) is 99.0 Å². The van der Waals surface area contributed by atoms with Crippen molar-refractivity contribution in [3.8, 4) is 11.4 Å². The van der Waals surface area contributed by atoms with Crippen LogP contribution in [0.25, 0.3) is 11.8 Å². The largest absolute Gasteiger partial charge is 0.489 e. The summed E-state index contributed by atoms with van der Waals surface area (Å²) in [5.41, 5.74) is 6.82. The molecule has 1 aliphatic heterocycles. The molecule has 1 aromatic heterocycles. The minimum Gasteiger partial charge on any atom is -0.489 e. The lowest BCUT2D eigenvalue weighted by molar-refractivity contribution is -0.122. The van der Waals surface area contributed by atoms with Gasteiger partial charge in [-0.25, -0.2) is 9.69 Å². The summed E-state index contributed by atoms with van der Waals surface area (Å²) in [6, 6.07) is 24.2. The maximum atomic E-state index is 13.4. The highest BCUT2D eigenvalue weighted by atomic mass is 16.5. The normalized spacial score (nSPS) is 14.6. The first-order chi connectivity index (χ1) is 18.7. The van der Waals surface area contributed by atoms with Gasteiger partial charge in [-0.2, -0.15) is 0 Å². The molecule has 5 rings (SSSR count). The first-order valence-corrected chi connectivity index (χ1v) is 12.7. The van der Waals surface area contributed by atoms with Gasteiger partial charge in [0.05, 0.1) is 5.69 Å². The quantitative estimate of drug-likeness (QED) is 0.252. The Morgan fingerprint density at radius 2 is 1.49 bits per heavy atom. The number of carbonyl (C=O) groups excluding carboxylic acids is 3. The average Bonchev–Trinajstić information content (AvgIpc) is 3.20. The molecule has 1 aliphatic rings. The van der Waals surface area contributed by atoms with Gasteiger partial charge in [-0.1, -0.05) is 36.4 Å². The van der Waals surface area contributed by atoms with Crippen LogP contribution in [0, 0.1) is 27.7 Å². The molecule has 2 heterocycles. The fourth-order valence-corrected chi connectivity index (χ4v) is 4.68. The van der Waals surface area contributed by atoms with Gasteiger partial charge in [-0.15, -0.1) is 0 Å². The molecule has 0 bridgehead atoms. The van der Waals surface area contributed by atoms with E-state index >= 15 is 0 Å². The summed E-state index contributed by atoms with van der Waals surface area (Å²) in [6.45, 7) is 8.23. The number of benzene rings is 3. The van der Waals surface area contributed by atoms with Crippen molar-refractivity contribution in [3.63, 3.8) is 0 Å². The number of aryl methyl sites for hydroxylation is 3. The van der Waals surface area contributed by atoms with Gasteiger partial charge in [0.25, 0.3) is 11.8 Å². The summed E-state index contributed by atoms with van der Waals surface area (Å²) in [7, 11) is 0. The van der Waals surface area contributed by atoms with Gasteiger partial charge in [-0.3, -0.25) is 14.9 Å². The zero-order valence-corrected chi connectivity index (χ0v) is 22.3. The summed E-state index contributed by atoms with van der Waals surface area (Å²) in [5.74, 6) is -0.612. The smallest absolute Gasteiger partial charge is 0.335 e. The van der Waals surface area contributed by atoms with E-state index in [0.717, 1.165) is 44.4 Å². The first-order valence-electron chi connectivity index (χ1n) is 12.7. The van der Waals surface area contributed by atoms with Crippen molar-refractivity contribution in [2.24, 2.45) is 0 Å². The molecule has 0 saturated carbocycles. The molecule has 7 heteroatoms. The molecular formula is C32H29N3O4. The van der Waals surface area contributed by atoms with Gasteiger partial charge in [0.15, 0.2) is 0 Å². The highest BCUT2D eigenvalue weighted by Crippen LogP contribution is 2.28. The van der Waals surface area contributed by atoms with Crippen molar-refractivity contribution < 1.29 is 19.1 Å². The topological polar surface area (TPSA) is 80.6 Å². The standard InChI is InChI=1S/C32H29N3O4/c1-20-10-11-27(16-21(20)2)35-31(37)29(30(36)33-32(35)38)18-25-17-22(3)34(23(25)4)26-12-14-28(15-13-26)39-19-24-8-6-5-7-9-24/h5-18H,19H2,1-4H3,(H,33,36,38)/b29-18+. The highest BCUT2D eigenvalue weighted by Gasteiger charge is 2.37. The van der Waals surface area contributed by atoms with E-state index < -0.39 is 17.8 Å². The second kappa shape index (κ2) is 10.5. The van der Waals surface area contributed by atoms with E-state index in [4.69, 9.17) is 4.74 Å². The number of nitrogens with zero attached hydrogens (tertiary/aromatic N) is 2. The van der Waals surface area contributed by atoms with E-state index in [-0.39, 0.29) is 5.57 Å². The zero-order valence-electron chi connectivity index (χ0n) is 22.3. The number of carbonyl (C=O) groups is 3. The second-order valence-corrected chi connectivity index (χ2v) is 9.66. The minimum atomic E-state index is -0.759. The minimum absolute atomic E-state index is 0.0993. The highest BCUT2D eigenvalue weighted by molar-refractivity contribution is 6.39. The maximum Gasteiger partial charge on any atom is 0.335 e. The molecular weight excluding hydrogens is 490 g/mol. The van der Waals surface area contributed by atoms with E-state index in [1.165, 1.54) is 0 Å². The lowest BCUT2D eigenvalue weighted by Crippen LogP contribution is -2.54. The molecule has 1 N–H and O–H groups in total. The van der Waals surface area contributed by atoms with Gasteiger partial charge in [-0.05, 0) is 98.5 Å². The van der Waals surface area contributed by atoms with Gasteiger partial charge in [0, 0.05) is 17.1 Å². The number of hydrogen-bond donors (Lipinski definition) is 1. The molecule has 0 spiro atoms. The summed E-state index contributed by atoms with van der Waals surface area (Å²) < 4.78 is 7.96. The van der Waals surface area contributed by atoms with Crippen LogP contribution in [0.4, 0.5) is 10.5 Å². The van der Waals surface area contributed by atoms with E-state index in [9.17, 15) is 14.4 Å². The van der Waals surface area contributed by atoms with Crippen LogP contribution in [0.15, 0.2) is 84.4 Å². The number of aromatic nitrogens is 1. The SMILES string of the molecule is Cc1ccc(N2C(=O)NC(=O)/C(=C\c3cc(C)n(-c4ccc(OCc5ccccc5)cc4)c3C)C2=O)cc1C. The molecule has 1 fully saturated rings. The Morgan fingerprint density at radius 1 is 0.795 bits per heavy atom. The third kappa shape index (κ3) is 5.11. The third-order valence-electron chi connectivity index (χ3n) is 6.96. The van der Waals surface area contributed by atoms with Crippen LogP contribution < -0.4 is 15.0 Å². The lowest BCUT2D eigenvalue weighted by atomic mass is 10.1. The number of nitrogens with one attached hydrogen (secondary N) is 1. The summed E-state index contributed by atoms with van der Waals surface area (Å²) in [5, 5.41) is 2.30. The third-order valence-corrected chi connectivity index (χ3v) is 6.96. The Bertz CT molecular complexity index is 1620. The molecule has 0 aliphatic carbocycles. The lowest BCUT2D eigenvalue weighted by Gasteiger charge is -2.26. The molecule has 196 valence electrons. The van der Waals surface area contributed by atoms with E-state index in [1.54, 1.807) is 18.2 Å². The van der Waals surface area contributed by atoms with E-state index in [2.05, 4.69) is 5.32 Å². The van der Waals surface area contributed by atoms with Crippen LogP contribution in [-0.2, 0) is 16.2 Å². The second-order valence-electron chi connectivity index (χ2n) is 9.66. The number of barbiturate groups is 1. The van der Waals surface area contributed by atoms with Crippen LogP contribution >= 0.6 is 0 Å². The van der Waals surface area contributed by atoms with E-state index in [0.29, 0.717) is 17.9 Å². The molecule has 4 amide bonds. The molecule has 7 nitrogen and oxygen atoms in total. The zero-order chi connectivity index (χ0) is 27.7. The summed E-state index contributed by atoms with van der Waals surface area (Å²) in [6.07, 6.45) is 1.55. The number of hydrogen-bond acceptors (Lipinski definition) is 4. The molecule has 3 aromatic carbocycles. The van der Waals surface area contributed by atoms with Crippen molar-refractivity contribution in [2.75, 3.05) is 4.90 Å². The van der Waals surface area contributed by atoms with Crippen molar-refractivity contribution in [1.82, 2.24) is 9.88 Å². The number of imide groups is 2. The fraction of sp³-hybridized carbons (Fsp3) is 0.156.